The minimum absolute atomic E-state index is 0.0693. The van der Waals surface area contributed by atoms with Crippen LogP contribution in [0.5, 0.6) is 0 Å². The van der Waals surface area contributed by atoms with Crippen LogP contribution >= 0.6 is 35.4 Å². The number of aromatic nitrogens is 2. The number of amides is 1. The second-order valence-electron chi connectivity index (χ2n) is 9.74. The number of rotatable bonds is 7. The molecule has 39 heavy (non-hydrogen) atoms. The average Bonchev–Trinajstić information content (AvgIpc) is 3.39. The van der Waals surface area contributed by atoms with Gasteiger partial charge in [0.2, 0.25) is 5.91 Å². The summed E-state index contributed by atoms with van der Waals surface area (Å²) in [5.41, 5.74) is 6.80. The second kappa shape index (κ2) is 11.4. The first-order valence-corrected chi connectivity index (χ1v) is 13.9. The molecular formula is C30H29Cl2N5OS. The first-order valence-electron chi connectivity index (χ1n) is 12.7. The maximum atomic E-state index is 12.9. The largest absolute Gasteiger partial charge is 0.352 e. The molecule has 9 heteroatoms. The van der Waals surface area contributed by atoms with Crippen molar-refractivity contribution in [2.75, 3.05) is 11.9 Å². The van der Waals surface area contributed by atoms with Gasteiger partial charge in [-0.2, -0.15) is 0 Å². The number of pyridine rings is 1. The van der Waals surface area contributed by atoms with Crippen molar-refractivity contribution in [3.05, 3.63) is 111 Å². The summed E-state index contributed by atoms with van der Waals surface area (Å²) in [5.74, 6) is -0.0693. The monoisotopic (exact) mass is 577 g/mol. The number of nitrogens with one attached hydrogen (secondary N) is 2. The number of hydrogen-bond donors (Lipinski definition) is 2. The lowest BCUT2D eigenvalue weighted by Gasteiger charge is -2.28. The van der Waals surface area contributed by atoms with Crippen LogP contribution in [0.1, 0.15) is 46.7 Å². The fourth-order valence-electron chi connectivity index (χ4n) is 5.19. The fourth-order valence-corrected chi connectivity index (χ4v) is 6.01. The molecule has 200 valence electrons. The van der Waals surface area contributed by atoms with Gasteiger partial charge in [-0.25, -0.2) is 0 Å². The molecule has 2 aromatic heterocycles. The molecule has 0 radical (unpaired) electrons. The second-order valence-corrected chi connectivity index (χ2v) is 11.0. The van der Waals surface area contributed by atoms with Gasteiger partial charge in [0.15, 0.2) is 5.11 Å². The molecule has 1 fully saturated rings. The molecule has 2 atom stereocenters. The summed E-state index contributed by atoms with van der Waals surface area (Å²) in [5, 5.41) is 8.21. The SMILES string of the molecule is Cc1ccc(NC(=O)CCN2C(=S)NC(c3ccccn3)C2c2cc(C)n(-c3ccc(Cl)cc3Cl)c2C)cc1. The van der Waals surface area contributed by atoms with E-state index >= 15 is 0 Å². The summed E-state index contributed by atoms with van der Waals surface area (Å²) in [4.78, 5) is 19.6. The first kappa shape index (κ1) is 27.2. The third-order valence-electron chi connectivity index (χ3n) is 7.05. The highest BCUT2D eigenvalue weighted by Gasteiger charge is 2.41. The Labute approximate surface area is 244 Å². The molecular weight excluding hydrogens is 549 g/mol. The maximum absolute atomic E-state index is 12.9. The molecule has 1 saturated heterocycles. The Bertz CT molecular complexity index is 1520. The van der Waals surface area contributed by atoms with Crippen molar-refractivity contribution in [1.29, 1.82) is 0 Å². The van der Waals surface area contributed by atoms with Gasteiger partial charge in [-0.05, 0) is 87.1 Å². The van der Waals surface area contributed by atoms with Crippen LogP contribution in [0.3, 0.4) is 0 Å². The van der Waals surface area contributed by atoms with Crippen LogP contribution < -0.4 is 10.6 Å². The Hall–Kier alpha value is -3.39. The Morgan fingerprint density at radius 1 is 1.05 bits per heavy atom. The molecule has 2 aromatic carbocycles. The highest BCUT2D eigenvalue weighted by Crippen LogP contribution is 2.42. The van der Waals surface area contributed by atoms with E-state index in [4.69, 9.17) is 35.4 Å². The summed E-state index contributed by atoms with van der Waals surface area (Å²) < 4.78 is 2.13. The predicted molar refractivity (Wildman–Crippen MR) is 162 cm³/mol. The maximum Gasteiger partial charge on any atom is 0.226 e. The smallest absolute Gasteiger partial charge is 0.226 e. The molecule has 2 N–H and O–H groups in total. The van der Waals surface area contributed by atoms with E-state index in [0.29, 0.717) is 21.7 Å². The van der Waals surface area contributed by atoms with Gasteiger partial charge in [0.25, 0.3) is 0 Å². The molecule has 2 unspecified atom stereocenters. The van der Waals surface area contributed by atoms with Gasteiger partial charge in [-0.15, -0.1) is 0 Å². The third-order valence-corrected chi connectivity index (χ3v) is 7.94. The van der Waals surface area contributed by atoms with E-state index in [0.717, 1.165) is 39.6 Å². The van der Waals surface area contributed by atoms with Gasteiger partial charge in [0.1, 0.15) is 0 Å². The zero-order valence-electron chi connectivity index (χ0n) is 21.9. The molecule has 1 aliphatic rings. The van der Waals surface area contributed by atoms with E-state index in [-0.39, 0.29) is 24.4 Å². The molecule has 1 amide bonds. The minimum atomic E-state index is -0.187. The number of carbonyl (C=O) groups is 1. The van der Waals surface area contributed by atoms with Gasteiger partial charge >= 0.3 is 0 Å². The molecule has 0 aliphatic carbocycles. The van der Waals surface area contributed by atoms with Crippen molar-refractivity contribution >= 4 is 52.1 Å². The molecule has 6 nitrogen and oxygen atoms in total. The van der Waals surface area contributed by atoms with Gasteiger partial charge in [-0.1, -0.05) is 47.0 Å². The van der Waals surface area contributed by atoms with Crippen LogP contribution in [0, 0.1) is 20.8 Å². The Balaban J connectivity index is 1.48. The zero-order chi connectivity index (χ0) is 27.7. The Morgan fingerprint density at radius 2 is 1.82 bits per heavy atom. The predicted octanol–water partition coefficient (Wildman–Crippen LogP) is 7.11. The zero-order valence-corrected chi connectivity index (χ0v) is 24.2. The van der Waals surface area contributed by atoms with Crippen LogP contribution in [0.2, 0.25) is 10.0 Å². The quantitative estimate of drug-likeness (QED) is 0.229. The van der Waals surface area contributed by atoms with Crippen molar-refractivity contribution in [2.45, 2.75) is 39.3 Å². The lowest BCUT2D eigenvalue weighted by molar-refractivity contribution is -0.116. The molecule has 0 bridgehead atoms. The number of nitrogens with zero attached hydrogens (tertiary/aromatic N) is 3. The van der Waals surface area contributed by atoms with Crippen molar-refractivity contribution < 1.29 is 4.79 Å². The summed E-state index contributed by atoms with van der Waals surface area (Å²) in [6, 6.07) is 20.9. The highest BCUT2D eigenvalue weighted by atomic mass is 35.5. The summed E-state index contributed by atoms with van der Waals surface area (Å²) in [6.45, 7) is 6.59. The Morgan fingerprint density at radius 3 is 2.51 bits per heavy atom. The van der Waals surface area contributed by atoms with E-state index < -0.39 is 0 Å². The van der Waals surface area contributed by atoms with Gasteiger partial charge in [0, 0.05) is 41.3 Å². The topological polar surface area (TPSA) is 62.2 Å². The molecule has 0 spiro atoms. The van der Waals surface area contributed by atoms with Crippen LogP contribution in [0.25, 0.3) is 5.69 Å². The summed E-state index contributed by atoms with van der Waals surface area (Å²) in [7, 11) is 0. The third kappa shape index (κ3) is 5.66. The number of thiocarbonyl (C=S) groups is 1. The molecule has 3 heterocycles. The molecule has 4 aromatic rings. The van der Waals surface area contributed by atoms with Crippen molar-refractivity contribution in [3.8, 4) is 5.69 Å². The van der Waals surface area contributed by atoms with Crippen LogP contribution in [-0.2, 0) is 4.79 Å². The fraction of sp³-hybridized carbons (Fsp3) is 0.233. The van der Waals surface area contributed by atoms with E-state index in [1.807, 2.05) is 61.5 Å². The van der Waals surface area contributed by atoms with E-state index in [1.165, 1.54) is 0 Å². The number of aryl methyl sites for hydroxylation is 2. The standard InChI is InChI=1S/C30H29Cl2N5OS/c1-18-7-10-22(11-8-18)34-27(38)13-15-36-29(28(35-30(36)39)25-6-4-5-14-33-25)23-16-19(2)37(20(23)3)26-12-9-21(31)17-24(26)32/h4-12,14,16-17,28-29H,13,15H2,1-3H3,(H,34,38)(H,35,39). The minimum Gasteiger partial charge on any atom is -0.352 e. The Kier molecular flexibility index (Phi) is 7.93. The van der Waals surface area contributed by atoms with Crippen LogP contribution in [0.15, 0.2) is 72.9 Å². The van der Waals surface area contributed by atoms with E-state index in [1.54, 1.807) is 12.3 Å². The number of anilines is 1. The summed E-state index contributed by atoms with van der Waals surface area (Å²) in [6.07, 6.45) is 2.06. The number of benzene rings is 2. The normalized spacial score (nSPS) is 16.8. The van der Waals surface area contributed by atoms with Crippen molar-refractivity contribution in [3.63, 3.8) is 0 Å². The summed E-state index contributed by atoms with van der Waals surface area (Å²) >= 11 is 18.6. The molecule has 1 aliphatic heterocycles. The van der Waals surface area contributed by atoms with E-state index in [2.05, 4.69) is 45.0 Å². The highest BCUT2D eigenvalue weighted by molar-refractivity contribution is 7.80. The van der Waals surface area contributed by atoms with Crippen molar-refractivity contribution in [2.24, 2.45) is 0 Å². The van der Waals surface area contributed by atoms with Crippen LogP contribution in [-0.4, -0.2) is 32.0 Å². The lowest BCUT2D eigenvalue weighted by Crippen LogP contribution is -2.32. The van der Waals surface area contributed by atoms with Gasteiger partial charge < -0.3 is 20.1 Å². The average molecular weight is 579 g/mol. The number of carbonyl (C=O) groups excluding carboxylic acids is 1. The van der Waals surface area contributed by atoms with Gasteiger partial charge in [0.05, 0.1) is 28.5 Å². The lowest BCUT2D eigenvalue weighted by atomic mass is 9.96. The first-order chi connectivity index (χ1) is 18.7. The molecule has 5 rings (SSSR count). The van der Waals surface area contributed by atoms with E-state index in [9.17, 15) is 4.79 Å². The van der Waals surface area contributed by atoms with Gasteiger partial charge in [-0.3, -0.25) is 9.78 Å². The number of halogens is 2. The van der Waals surface area contributed by atoms with Crippen LogP contribution in [0.4, 0.5) is 5.69 Å². The molecule has 0 saturated carbocycles. The van der Waals surface area contributed by atoms with Crippen molar-refractivity contribution in [1.82, 2.24) is 19.8 Å². The number of hydrogen-bond acceptors (Lipinski definition) is 3.